The van der Waals surface area contributed by atoms with Gasteiger partial charge in [0.1, 0.15) is 22.3 Å². The molecule has 5 rings (SSSR count). The molecule has 2 aromatic heterocycles. The lowest BCUT2D eigenvalue weighted by Crippen LogP contribution is -2.58. The first kappa shape index (κ1) is 35.6. The van der Waals surface area contributed by atoms with Crippen LogP contribution in [0.15, 0.2) is 41.4 Å². The highest BCUT2D eigenvalue weighted by atomic mass is 35.5. The second-order valence-corrected chi connectivity index (χ2v) is 14.0. The standard InChI is InChI=1S/C34H33Cl4FN6O3/c1-8-22(46)44-17(5)13-43(14-18(44)6)31-19-11-21(35)28(23-24(36)32(47)26(38)25(37)27(23)39)41-33(19)45(34(48)20(31)12-40)30-16(4)9-10-42(7)29(30)15(2)3/h8-11,15,17-18,29,47H,1,13-14H2,2-7H3/t17-,18+,29?. The number of nitriles is 1. The lowest BCUT2D eigenvalue weighted by Gasteiger charge is -2.45. The molecule has 1 saturated heterocycles. The van der Waals surface area contributed by atoms with Gasteiger partial charge in [-0.2, -0.15) is 5.26 Å². The Hall–Kier alpha value is -3.75. The minimum Gasteiger partial charge on any atom is -0.505 e. The predicted molar refractivity (Wildman–Crippen MR) is 190 cm³/mol. The smallest absolute Gasteiger partial charge is 0.276 e. The van der Waals surface area contributed by atoms with Crippen molar-refractivity contribution in [3.8, 4) is 23.1 Å². The molecule has 0 spiro atoms. The number of fused-ring (bicyclic) bond motifs is 1. The minimum atomic E-state index is -1.07. The Morgan fingerprint density at radius 1 is 1.17 bits per heavy atom. The van der Waals surface area contributed by atoms with E-state index in [0.29, 0.717) is 11.1 Å². The van der Waals surface area contributed by atoms with Gasteiger partial charge in [0.25, 0.3) is 5.56 Å². The minimum absolute atomic E-state index is 0.0000792. The fourth-order valence-electron chi connectivity index (χ4n) is 6.90. The number of hydrogen-bond acceptors (Lipinski definition) is 7. The summed E-state index contributed by atoms with van der Waals surface area (Å²) in [6.07, 6.45) is 5.02. The van der Waals surface area contributed by atoms with Crippen molar-refractivity contribution >= 4 is 74.7 Å². The van der Waals surface area contributed by atoms with E-state index in [0.717, 1.165) is 5.57 Å². The van der Waals surface area contributed by atoms with Gasteiger partial charge >= 0.3 is 0 Å². The van der Waals surface area contributed by atoms with Crippen molar-refractivity contribution < 1.29 is 14.3 Å². The number of carbonyl (C=O) groups excluding carboxylic acids is 1. The van der Waals surface area contributed by atoms with E-state index >= 15 is 4.39 Å². The number of hydrogen-bond donors (Lipinski definition) is 1. The van der Waals surface area contributed by atoms with Crippen molar-refractivity contribution in [2.24, 2.45) is 5.92 Å². The fraction of sp³-hybridized carbons (Fsp3) is 0.353. The molecule has 0 bridgehead atoms. The summed E-state index contributed by atoms with van der Waals surface area (Å²) in [4.78, 5) is 37.7. The predicted octanol–water partition coefficient (Wildman–Crippen LogP) is 7.72. The number of amides is 1. The summed E-state index contributed by atoms with van der Waals surface area (Å²) in [6, 6.07) is 2.69. The second kappa shape index (κ2) is 13.3. The zero-order valence-electron chi connectivity index (χ0n) is 27.1. The number of rotatable bonds is 5. The van der Waals surface area contributed by atoms with Gasteiger partial charge in [-0.25, -0.2) is 9.37 Å². The van der Waals surface area contributed by atoms with Gasteiger partial charge in [-0.1, -0.05) is 66.8 Å². The maximum atomic E-state index is 15.8. The molecule has 1 unspecified atom stereocenters. The molecule has 3 aromatic rings. The van der Waals surface area contributed by atoms with E-state index in [4.69, 9.17) is 51.4 Å². The van der Waals surface area contributed by atoms with Gasteiger partial charge in [-0.3, -0.25) is 14.2 Å². The van der Waals surface area contributed by atoms with Crippen LogP contribution in [-0.2, 0) is 4.79 Å². The highest BCUT2D eigenvalue weighted by Crippen LogP contribution is 2.48. The number of aromatic nitrogens is 2. The number of likely N-dealkylation sites (N-methyl/N-ethyl adjacent to an activating group) is 1. The third-order valence-electron chi connectivity index (χ3n) is 8.88. The number of aromatic hydroxyl groups is 1. The van der Waals surface area contributed by atoms with Crippen LogP contribution in [0.1, 0.15) is 40.2 Å². The van der Waals surface area contributed by atoms with Crippen LogP contribution in [0.4, 0.5) is 10.1 Å². The van der Waals surface area contributed by atoms with Crippen molar-refractivity contribution in [3.63, 3.8) is 0 Å². The number of piperazine rings is 1. The zero-order chi connectivity index (χ0) is 35.5. The van der Waals surface area contributed by atoms with Crippen LogP contribution < -0.4 is 10.5 Å². The molecule has 3 atom stereocenters. The summed E-state index contributed by atoms with van der Waals surface area (Å²) in [5, 5.41) is 19.9. The maximum Gasteiger partial charge on any atom is 0.276 e. The number of pyridine rings is 2. The maximum absolute atomic E-state index is 15.8. The van der Waals surface area contributed by atoms with Crippen molar-refractivity contribution in [2.45, 2.75) is 52.7 Å². The number of phenols is 1. The van der Waals surface area contributed by atoms with Crippen LogP contribution in [-0.4, -0.2) is 68.6 Å². The van der Waals surface area contributed by atoms with Crippen LogP contribution in [0.3, 0.4) is 0 Å². The van der Waals surface area contributed by atoms with Crippen LogP contribution in [0, 0.1) is 23.1 Å². The van der Waals surface area contributed by atoms with Gasteiger partial charge in [0.2, 0.25) is 5.91 Å². The first-order valence-corrected chi connectivity index (χ1v) is 16.6. The first-order chi connectivity index (χ1) is 22.6. The Morgan fingerprint density at radius 2 is 1.79 bits per heavy atom. The number of allylic oxidation sites excluding steroid dienone is 2. The third-order valence-corrected chi connectivity index (χ3v) is 10.4. The molecule has 1 amide bonds. The summed E-state index contributed by atoms with van der Waals surface area (Å²) < 4.78 is 17.2. The Balaban J connectivity index is 1.94. The SMILES string of the molecule is C=CC(=O)N1[C@H](C)CN(c2c(C#N)c(=O)n(C3=C(C)C=CN(C)C3C(C)C)c3nc(-c4c(F)c(Cl)c(Cl)c(O)c4Cl)c(Cl)cc23)C[C@@H]1C. The fourth-order valence-corrected chi connectivity index (χ4v) is 7.82. The molecule has 0 radical (unpaired) electrons. The number of anilines is 1. The van der Waals surface area contributed by atoms with E-state index in [1.54, 1.807) is 4.90 Å². The van der Waals surface area contributed by atoms with Crippen LogP contribution in [0.25, 0.3) is 28.0 Å². The van der Waals surface area contributed by atoms with E-state index in [9.17, 15) is 20.0 Å². The highest BCUT2D eigenvalue weighted by Gasteiger charge is 2.37. The summed E-state index contributed by atoms with van der Waals surface area (Å²) in [6.45, 7) is 13.8. The summed E-state index contributed by atoms with van der Waals surface area (Å²) in [5.74, 6) is -1.96. The van der Waals surface area contributed by atoms with Crippen molar-refractivity contribution in [2.75, 3.05) is 25.0 Å². The van der Waals surface area contributed by atoms with Crippen molar-refractivity contribution in [1.82, 2.24) is 19.4 Å². The zero-order valence-corrected chi connectivity index (χ0v) is 30.1. The van der Waals surface area contributed by atoms with Crippen molar-refractivity contribution in [3.05, 3.63) is 78.4 Å². The van der Waals surface area contributed by atoms with E-state index < -0.39 is 37.8 Å². The van der Waals surface area contributed by atoms with Gasteiger partial charge in [-0.15, -0.1) is 0 Å². The highest BCUT2D eigenvalue weighted by molar-refractivity contribution is 6.46. The second-order valence-electron chi connectivity index (χ2n) is 12.4. The molecule has 9 nitrogen and oxygen atoms in total. The quantitative estimate of drug-likeness (QED) is 0.163. The molecule has 1 fully saturated rings. The molecule has 48 heavy (non-hydrogen) atoms. The van der Waals surface area contributed by atoms with E-state index in [-0.39, 0.29) is 70.7 Å². The molecular weight excluding hydrogens is 701 g/mol. The number of carbonyl (C=O) groups is 1. The molecule has 1 aromatic carbocycles. The normalized spacial score (nSPS) is 19.8. The molecule has 2 aliphatic heterocycles. The Kier molecular flexibility index (Phi) is 9.84. The van der Waals surface area contributed by atoms with Gasteiger partial charge in [0.15, 0.2) is 11.6 Å². The summed E-state index contributed by atoms with van der Waals surface area (Å²) >= 11 is 25.4. The van der Waals surface area contributed by atoms with Crippen LogP contribution >= 0.6 is 46.4 Å². The Bertz CT molecular complexity index is 2010. The largest absolute Gasteiger partial charge is 0.505 e. The molecule has 0 saturated carbocycles. The van der Waals surface area contributed by atoms with Gasteiger partial charge < -0.3 is 19.8 Å². The topological polar surface area (TPSA) is 106 Å². The van der Waals surface area contributed by atoms with Gasteiger partial charge in [0, 0.05) is 37.6 Å². The third kappa shape index (κ3) is 5.61. The molecule has 4 heterocycles. The van der Waals surface area contributed by atoms with Gasteiger partial charge in [0.05, 0.1) is 43.8 Å². The number of benzene rings is 1. The Labute approximate surface area is 297 Å². The average Bonchev–Trinajstić information content (AvgIpc) is 3.03. The van der Waals surface area contributed by atoms with E-state index in [2.05, 4.69) is 12.6 Å². The lowest BCUT2D eigenvalue weighted by molar-refractivity contribution is -0.130. The van der Waals surface area contributed by atoms with Crippen LogP contribution in [0.5, 0.6) is 5.75 Å². The molecule has 252 valence electrons. The van der Waals surface area contributed by atoms with Gasteiger partial charge in [-0.05, 0) is 56.7 Å². The number of halogens is 5. The summed E-state index contributed by atoms with van der Waals surface area (Å²) in [5.41, 5.74) is 0.272. The summed E-state index contributed by atoms with van der Waals surface area (Å²) in [7, 11) is 1.89. The molecule has 2 aliphatic rings. The molecule has 0 aliphatic carbocycles. The molecule has 1 N–H and O–H groups in total. The van der Waals surface area contributed by atoms with Crippen molar-refractivity contribution in [1.29, 1.82) is 5.26 Å². The average molecular weight is 734 g/mol. The monoisotopic (exact) mass is 732 g/mol. The number of nitrogens with zero attached hydrogens (tertiary/aromatic N) is 6. The van der Waals surface area contributed by atoms with Crippen LogP contribution in [0.2, 0.25) is 20.1 Å². The van der Waals surface area contributed by atoms with E-state index in [1.807, 2.05) is 63.7 Å². The lowest BCUT2D eigenvalue weighted by atomic mass is 9.93. The van der Waals surface area contributed by atoms with E-state index in [1.165, 1.54) is 16.7 Å². The molecular formula is C34H33Cl4FN6O3. The molecule has 14 heteroatoms. The Morgan fingerprint density at radius 3 is 2.35 bits per heavy atom. The first-order valence-electron chi connectivity index (χ1n) is 15.1. The number of phenolic OH excluding ortho intramolecular Hbond substituents is 1.